The summed E-state index contributed by atoms with van der Waals surface area (Å²) in [5.74, 6) is -0.215. The lowest BCUT2D eigenvalue weighted by Gasteiger charge is -2.23. The Labute approximate surface area is 136 Å². The van der Waals surface area contributed by atoms with Crippen molar-refractivity contribution in [3.8, 4) is 0 Å². The molecule has 0 unspecified atom stereocenters. The predicted molar refractivity (Wildman–Crippen MR) is 86.7 cm³/mol. The minimum absolute atomic E-state index is 0.0417. The van der Waals surface area contributed by atoms with Crippen LogP contribution in [0.4, 0.5) is 0 Å². The molecule has 0 heterocycles. The summed E-state index contributed by atoms with van der Waals surface area (Å²) in [6.45, 7) is 5.24. The maximum atomic E-state index is 12.3. The summed E-state index contributed by atoms with van der Waals surface area (Å²) in [5, 5.41) is 0. The lowest BCUT2D eigenvalue weighted by molar-refractivity contribution is -0.131. The van der Waals surface area contributed by atoms with Crippen LogP contribution in [0.2, 0.25) is 0 Å². The molecular formula is C14H18Br2N2O2. The molecule has 4 nitrogen and oxygen atoms in total. The first kappa shape index (κ1) is 17.2. The maximum absolute atomic E-state index is 12.3. The van der Waals surface area contributed by atoms with Crippen LogP contribution >= 0.6 is 31.9 Å². The summed E-state index contributed by atoms with van der Waals surface area (Å²) >= 11 is 6.70. The van der Waals surface area contributed by atoms with Crippen molar-refractivity contribution in [2.75, 3.05) is 26.7 Å². The van der Waals surface area contributed by atoms with Crippen LogP contribution in [0.5, 0.6) is 0 Å². The highest BCUT2D eigenvalue weighted by atomic mass is 79.9. The molecule has 6 heteroatoms. The number of hydrogen-bond acceptors (Lipinski definition) is 2. The molecule has 0 N–H and O–H groups in total. The molecule has 2 amide bonds. The molecule has 0 saturated heterocycles. The third-order valence-electron chi connectivity index (χ3n) is 2.94. The molecule has 1 aromatic rings. The van der Waals surface area contributed by atoms with E-state index in [1.807, 2.05) is 19.9 Å². The van der Waals surface area contributed by atoms with Crippen LogP contribution in [0.1, 0.15) is 24.2 Å². The van der Waals surface area contributed by atoms with E-state index in [9.17, 15) is 9.59 Å². The van der Waals surface area contributed by atoms with E-state index in [1.165, 1.54) is 4.90 Å². The molecule has 0 saturated carbocycles. The van der Waals surface area contributed by atoms with Gasteiger partial charge in [0.2, 0.25) is 5.91 Å². The van der Waals surface area contributed by atoms with Crippen molar-refractivity contribution in [3.05, 3.63) is 32.7 Å². The maximum Gasteiger partial charge on any atom is 0.254 e. The van der Waals surface area contributed by atoms with Crippen molar-refractivity contribution in [1.29, 1.82) is 0 Å². The number of benzene rings is 1. The van der Waals surface area contributed by atoms with Crippen LogP contribution in [0.3, 0.4) is 0 Å². The van der Waals surface area contributed by atoms with Crippen molar-refractivity contribution in [1.82, 2.24) is 9.80 Å². The minimum atomic E-state index is -0.174. The van der Waals surface area contributed by atoms with E-state index < -0.39 is 0 Å². The van der Waals surface area contributed by atoms with Gasteiger partial charge in [-0.2, -0.15) is 0 Å². The standard InChI is InChI=1S/C14H18Br2N2O2/c1-4-18(5-2)13(19)9-17(3)14(20)10-6-11(15)8-12(16)7-10/h6-8H,4-5,9H2,1-3H3. The predicted octanol–water partition coefficient (Wildman–Crippen LogP) is 3.15. The van der Waals surface area contributed by atoms with Gasteiger partial charge >= 0.3 is 0 Å². The highest BCUT2D eigenvalue weighted by Gasteiger charge is 2.18. The van der Waals surface area contributed by atoms with Gasteiger partial charge in [-0.1, -0.05) is 31.9 Å². The van der Waals surface area contributed by atoms with Crippen LogP contribution in [-0.2, 0) is 4.79 Å². The third-order valence-corrected chi connectivity index (χ3v) is 3.86. The van der Waals surface area contributed by atoms with E-state index in [0.717, 1.165) is 8.95 Å². The first-order valence-corrected chi connectivity index (χ1v) is 7.97. The molecule has 20 heavy (non-hydrogen) atoms. The Morgan fingerprint density at radius 3 is 2.00 bits per heavy atom. The molecule has 0 bridgehead atoms. The monoisotopic (exact) mass is 404 g/mol. The number of likely N-dealkylation sites (N-methyl/N-ethyl adjacent to an activating group) is 2. The Balaban J connectivity index is 2.79. The van der Waals surface area contributed by atoms with Crippen molar-refractivity contribution < 1.29 is 9.59 Å². The van der Waals surface area contributed by atoms with E-state index in [2.05, 4.69) is 31.9 Å². The molecule has 1 rings (SSSR count). The Bertz CT molecular complexity index is 482. The fourth-order valence-electron chi connectivity index (χ4n) is 1.85. The zero-order valence-electron chi connectivity index (χ0n) is 11.8. The first-order valence-electron chi connectivity index (χ1n) is 6.38. The topological polar surface area (TPSA) is 40.6 Å². The summed E-state index contributed by atoms with van der Waals surface area (Å²) in [4.78, 5) is 27.4. The fraction of sp³-hybridized carbons (Fsp3) is 0.429. The van der Waals surface area contributed by atoms with Crippen molar-refractivity contribution in [2.24, 2.45) is 0 Å². The summed E-state index contributed by atoms with van der Waals surface area (Å²) < 4.78 is 1.64. The molecule has 0 aliphatic rings. The number of halogens is 2. The molecule has 0 radical (unpaired) electrons. The average molecular weight is 406 g/mol. The largest absolute Gasteiger partial charge is 0.342 e. The van der Waals surface area contributed by atoms with Crippen LogP contribution in [-0.4, -0.2) is 48.3 Å². The van der Waals surface area contributed by atoms with E-state index in [-0.39, 0.29) is 18.4 Å². The summed E-state index contributed by atoms with van der Waals surface area (Å²) in [7, 11) is 1.64. The quantitative estimate of drug-likeness (QED) is 0.754. The average Bonchev–Trinajstić information content (AvgIpc) is 2.37. The van der Waals surface area contributed by atoms with Crippen LogP contribution in [0, 0.1) is 0 Å². The van der Waals surface area contributed by atoms with Gasteiger partial charge in [-0.05, 0) is 32.0 Å². The second-order valence-electron chi connectivity index (χ2n) is 4.39. The smallest absolute Gasteiger partial charge is 0.254 e. The second kappa shape index (κ2) is 7.78. The van der Waals surface area contributed by atoms with Crippen molar-refractivity contribution >= 4 is 43.7 Å². The van der Waals surface area contributed by atoms with Gasteiger partial charge in [-0.3, -0.25) is 9.59 Å². The number of carbonyl (C=O) groups excluding carboxylic acids is 2. The van der Waals surface area contributed by atoms with E-state index >= 15 is 0 Å². The van der Waals surface area contributed by atoms with Gasteiger partial charge in [0.25, 0.3) is 5.91 Å². The van der Waals surface area contributed by atoms with Gasteiger partial charge in [0.1, 0.15) is 0 Å². The van der Waals surface area contributed by atoms with Crippen LogP contribution < -0.4 is 0 Å². The van der Waals surface area contributed by atoms with Crippen LogP contribution in [0.15, 0.2) is 27.1 Å². The molecule has 0 spiro atoms. The van der Waals surface area contributed by atoms with Crippen LogP contribution in [0.25, 0.3) is 0 Å². The van der Waals surface area contributed by atoms with Gasteiger partial charge in [-0.25, -0.2) is 0 Å². The number of nitrogens with zero attached hydrogens (tertiary/aromatic N) is 2. The number of hydrogen-bond donors (Lipinski definition) is 0. The van der Waals surface area contributed by atoms with Gasteiger partial charge in [0.15, 0.2) is 0 Å². The van der Waals surface area contributed by atoms with Gasteiger partial charge in [-0.15, -0.1) is 0 Å². The van der Waals surface area contributed by atoms with Gasteiger partial charge in [0.05, 0.1) is 6.54 Å². The Kier molecular flexibility index (Phi) is 6.68. The fourth-order valence-corrected chi connectivity index (χ4v) is 3.14. The Morgan fingerprint density at radius 1 is 1.05 bits per heavy atom. The zero-order valence-corrected chi connectivity index (χ0v) is 15.0. The van der Waals surface area contributed by atoms with E-state index in [4.69, 9.17) is 0 Å². The number of rotatable bonds is 5. The third kappa shape index (κ3) is 4.59. The molecule has 0 atom stereocenters. The molecule has 0 fully saturated rings. The second-order valence-corrected chi connectivity index (χ2v) is 6.22. The molecule has 0 aliphatic carbocycles. The highest BCUT2D eigenvalue weighted by molar-refractivity contribution is 9.11. The normalized spacial score (nSPS) is 10.2. The Hall–Kier alpha value is -0.880. The number of amides is 2. The molecule has 110 valence electrons. The zero-order chi connectivity index (χ0) is 15.3. The molecule has 0 aromatic heterocycles. The Morgan fingerprint density at radius 2 is 1.55 bits per heavy atom. The van der Waals surface area contributed by atoms with Crippen molar-refractivity contribution in [2.45, 2.75) is 13.8 Å². The SMILES string of the molecule is CCN(CC)C(=O)CN(C)C(=O)c1cc(Br)cc(Br)c1. The van der Waals surface area contributed by atoms with E-state index in [0.29, 0.717) is 18.7 Å². The summed E-state index contributed by atoms with van der Waals surface area (Å²) in [6.07, 6.45) is 0. The van der Waals surface area contributed by atoms with E-state index in [1.54, 1.807) is 24.1 Å². The lowest BCUT2D eigenvalue weighted by atomic mass is 10.2. The van der Waals surface area contributed by atoms with Gasteiger partial charge in [0, 0.05) is 34.6 Å². The molecule has 0 aliphatic heterocycles. The summed E-state index contributed by atoms with van der Waals surface area (Å²) in [5.41, 5.74) is 0.543. The molecular weight excluding hydrogens is 388 g/mol. The minimum Gasteiger partial charge on any atom is -0.342 e. The highest BCUT2D eigenvalue weighted by Crippen LogP contribution is 2.20. The first-order chi connectivity index (χ1) is 9.38. The van der Waals surface area contributed by atoms with Gasteiger partial charge < -0.3 is 9.80 Å². The molecule has 1 aromatic carbocycles. The summed E-state index contributed by atoms with van der Waals surface area (Å²) in [6, 6.07) is 5.34. The van der Waals surface area contributed by atoms with Crippen molar-refractivity contribution in [3.63, 3.8) is 0 Å². The lowest BCUT2D eigenvalue weighted by Crippen LogP contribution is -2.41. The number of carbonyl (C=O) groups is 2.